The summed E-state index contributed by atoms with van der Waals surface area (Å²) in [7, 11) is 0. The van der Waals surface area contributed by atoms with Gasteiger partial charge in [0, 0.05) is 5.75 Å². The summed E-state index contributed by atoms with van der Waals surface area (Å²) in [5.74, 6) is -0.601. The maximum atomic E-state index is 12.0. The van der Waals surface area contributed by atoms with E-state index >= 15 is 0 Å². The molecular formula is C16H17NO4S. The van der Waals surface area contributed by atoms with E-state index in [1.54, 1.807) is 13.0 Å². The first-order valence-corrected chi connectivity index (χ1v) is 7.67. The maximum Gasteiger partial charge on any atom is 0.408 e. The number of aliphatic carboxylic acids is 1. The smallest absolute Gasteiger partial charge is 0.408 e. The van der Waals surface area contributed by atoms with Crippen LogP contribution in [0.15, 0.2) is 53.5 Å². The Kier molecular flexibility index (Phi) is 4.92. The zero-order chi connectivity index (χ0) is 16.2. The molecule has 1 aliphatic rings. The summed E-state index contributed by atoms with van der Waals surface area (Å²) in [5.41, 5.74) is 0.563. The number of carboxylic acids is 1. The maximum absolute atomic E-state index is 12.0. The van der Waals surface area contributed by atoms with Crippen LogP contribution < -0.4 is 5.32 Å². The molecular weight excluding hydrogens is 302 g/mol. The summed E-state index contributed by atoms with van der Waals surface area (Å²) < 4.78 is 5.18. The van der Waals surface area contributed by atoms with E-state index in [-0.39, 0.29) is 11.5 Å². The number of thioether (sulfide) groups is 1. The fraction of sp³-hybridized carbons (Fsp3) is 0.250. The van der Waals surface area contributed by atoms with Crippen LogP contribution in [-0.2, 0) is 16.1 Å². The number of nitrogens with one attached hydrogen (secondary N) is 1. The molecule has 0 saturated carbocycles. The van der Waals surface area contributed by atoms with Gasteiger partial charge in [0.1, 0.15) is 6.61 Å². The minimum absolute atomic E-state index is 0.154. The van der Waals surface area contributed by atoms with Gasteiger partial charge in [-0.05, 0) is 18.1 Å². The minimum atomic E-state index is -0.995. The summed E-state index contributed by atoms with van der Waals surface area (Å²) in [6.07, 6.45) is 0.949. The van der Waals surface area contributed by atoms with Gasteiger partial charge >= 0.3 is 12.1 Å². The third kappa shape index (κ3) is 3.33. The highest BCUT2D eigenvalue weighted by atomic mass is 32.2. The van der Waals surface area contributed by atoms with Crippen molar-refractivity contribution in [1.82, 2.24) is 5.32 Å². The van der Waals surface area contributed by atoms with Gasteiger partial charge in [-0.1, -0.05) is 36.4 Å². The van der Waals surface area contributed by atoms with Crippen LogP contribution in [-0.4, -0.2) is 28.5 Å². The van der Waals surface area contributed by atoms with Crippen molar-refractivity contribution >= 4 is 23.8 Å². The Balaban J connectivity index is 2.03. The molecule has 5 nitrogen and oxygen atoms in total. The van der Waals surface area contributed by atoms with E-state index in [0.29, 0.717) is 11.3 Å². The summed E-state index contributed by atoms with van der Waals surface area (Å²) in [6.45, 7) is 5.56. The molecule has 6 heteroatoms. The van der Waals surface area contributed by atoms with Crippen LogP contribution in [0.2, 0.25) is 0 Å². The molecule has 2 N–H and O–H groups in total. The molecule has 0 saturated heterocycles. The Hall–Kier alpha value is -2.21. The highest BCUT2D eigenvalue weighted by Gasteiger charge is 2.40. The molecule has 1 heterocycles. The highest BCUT2D eigenvalue weighted by Crippen LogP contribution is 2.39. The molecule has 1 atom stereocenters. The number of hydrogen-bond acceptors (Lipinski definition) is 4. The number of rotatable bonds is 5. The Morgan fingerprint density at radius 3 is 2.68 bits per heavy atom. The molecule has 1 unspecified atom stereocenters. The van der Waals surface area contributed by atoms with Gasteiger partial charge in [-0.3, -0.25) is 0 Å². The van der Waals surface area contributed by atoms with Crippen molar-refractivity contribution in [3.8, 4) is 0 Å². The molecule has 1 amide bonds. The number of benzene rings is 1. The number of amides is 1. The zero-order valence-electron chi connectivity index (χ0n) is 12.2. The van der Waals surface area contributed by atoms with Gasteiger partial charge < -0.3 is 15.2 Å². The average molecular weight is 319 g/mol. The molecule has 0 radical (unpaired) electrons. The van der Waals surface area contributed by atoms with E-state index < -0.39 is 17.6 Å². The normalized spacial score (nSPS) is 20.6. The Bertz CT molecular complexity index is 626. The van der Waals surface area contributed by atoms with Gasteiger partial charge in [0.2, 0.25) is 0 Å². The van der Waals surface area contributed by atoms with Crippen molar-refractivity contribution < 1.29 is 19.4 Å². The van der Waals surface area contributed by atoms with Gasteiger partial charge in [-0.2, -0.15) is 0 Å². The van der Waals surface area contributed by atoms with Gasteiger partial charge in [0.25, 0.3) is 0 Å². The van der Waals surface area contributed by atoms with Crippen molar-refractivity contribution in [1.29, 1.82) is 0 Å². The third-order valence-corrected chi connectivity index (χ3v) is 4.90. The Morgan fingerprint density at radius 2 is 2.14 bits per heavy atom. The quantitative estimate of drug-likeness (QED) is 0.816. The lowest BCUT2D eigenvalue weighted by atomic mass is 9.93. The number of alkyl carbamates (subject to hydrolysis) is 1. The predicted molar refractivity (Wildman–Crippen MR) is 85.5 cm³/mol. The first kappa shape index (κ1) is 16.2. The van der Waals surface area contributed by atoms with Crippen LogP contribution in [0, 0.1) is 0 Å². The average Bonchev–Trinajstić information content (AvgIpc) is 2.84. The molecule has 1 aliphatic heterocycles. The number of carbonyl (C=O) groups excluding carboxylic acids is 1. The van der Waals surface area contributed by atoms with E-state index in [9.17, 15) is 9.59 Å². The molecule has 0 spiro atoms. The van der Waals surface area contributed by atoms with Crippen LogP contribution in [0.25, 0.3) is 0 Å². The molecule has 0 aliphatic carbocycles. The molecule has 2 rings (SSSR count). The second-order valence-corrected chi connectivity index (χ2v) is 5.90. The van der Waals surface area contributed by atoms with Crippen LogP contribution in [0.4, 0.5) is 4.79 Å². The number of hydrogen-bond donors (Lipinski definition) is 2. The van der Waals surface area contributed by atoms with Crippen LogP contribution in [0.1, 0.15) is 12.5 Å². The van der Waals surface area contributed by atoms with Crippen LogP contribution >= 0.6 is 11.8 Å². The summed E-state index contributed by atoms with van der Waals surface area (Å²) in [4.78, 5) is 23.4. The summed E-state index contributed by atoms with van der Waals surface area (Å²) >= 11 is 1.19. The first-order valence-electron chi connectivity index (χ1n) is 6.68. The topological polar surface area (TPSA) is 75.6 Å². The molecule has 0 aromatic heterocycles. The molecule has 1 aromatic carbocycles. The molecule has 0 fully saturated rings. The lowest BCUT2D eigenvalue weighted by Crippen LogP contribution is -2.48. The number of ether oxygens (including phenoxy) is 1. The van der Waals surface area contributed by atoms with Crippen molar-refractivity contribution in [3.05, 3.63) is 59.0 Å². The fourth-order valence-electron chi connectivity index (χ4n) is 2.16. The third-order valence-electron chi connectivity index (χ3n) is 3.53. The summed E-state index contributed by atoms with van der Waals surface area (Å²) in [6, 6.07) is 9.32. The van der Waals surface area contributed by atoms with E-state index in [2.05, 4.69) is 11.9 Å². The number of carboxylic acid groups (broad SMARTS) is 1. The van der Waals surface area contributed by atoms with E-state index in [4.69, 9.17) is 9.84 Å². The van der Waals surface area contributed by atoms with Gasteiger partial charge in [-0.15, -0.1) is 18.3 Å². The highest BCUT2D eigenvalue weighted by molar-refractivity contribution is 8.04. The SMILES string of the molecule is C=CC1(NC(=O)OCc2ccccc2)CSC(C(=O)O)=C1C. The van der Waals surface area contributed by atoms with E-state index in [1.165, 1.54) is 11.8 Å². The standard InChI is InChI=1S/C16H17NO4S/c1-3-16(10-22-13(11(16)2)14(18)19)17-15(20)21-9-12-7-5-4-6-8-12/h3-8H,1,9-10H2,2H3,(H,17,20)(H,18,19). The van der Waals surface area contributed by atoms with Gasteiger partial charge in [0.05, 0.1) is 10.4 Å². The second-order valence-electron chi connectivity index (χ2n) is 4.91. The fourth-order valence-corrected chi connectivity index (χ4v) is 3.46. The molecule has 22 heavy (non-hydrogen) atoms. The van der Waals surface area contributed by atoms with Crippen LogP contribution in [0.5, 0.6) is 0 Å². The van der Waals surface area contributed by atoms with Gasteiger partial charge in [0.15, 0.2) is 0 Å². The van der Waals surface area contributed by atoms with Crippen molar-refractivity contribution in [2.75, 3.05) is 5.75 Å². The second kappa shape index (κ2) is 6.70. The zero-order valence-corrected chi connectivity index (χ0v) is 13.0. The summed E-state index contributed by atoms with van der Waals surface area (Å²) in [5, 5.41) is 11.9. The van der Waals surface area contributed by atoms with Crippen molar-refractivity contribution in [2.24, 2.45) is 0 Å². The van der Waals surface area contributed by atoms with E-state index in [1.807, 2.05) is 30.3 Å². The van der Waals surface area contributed by atoms with Crippen LogP contribution in [0.3, 0.4) is 0 Å². The van der Waals surface area contributed by atoms with Crippen molar-refractivity contribution in [2.45, 2.75) is 19.1 Å². The van der Waals surface area contributed by atoms with Crippen molar-refractivity contribution in [3.63, 3.8) is 0 Å². The lowest BCUT2D eigenvalue weighted by molar-refractivity contribution is -0.131. The minimum Gasteiger partial charge on any atom is -0.477 e. The largest absolute Gasteiger partial charge is 0.477 e. The monoisotopic (exact) mass is 319 g/mol. The Morgan fingerprint density at radius 1 is 1.45 bits per heavy atom. The van der Waals surface area contributed by atoms with E-state index in [0.717, 1.165) is 5.56 Å². The molecule has 1 aromatic rings. The van der Waals surface area contributed by atoms with Gasteiger partial charge in [-0.25, -0.2) is 9.59 Å². The molecule has 0 bridgehead atoms. The first-order chi connectivity index (χ1) is 10.5. The number of carbonyl (C=O) groups is 2. The predicted octanol–water partition coefficient (Wildman–Crippen LogP) is 2.94. The lowest BCUT2D eigenvalue weighted by Gasteiger charge is -2.27. The molecule has 116 valence electrons. The Labute approximate surface area is 133 Å².